The van der Waals surface area contributed by atoms with Crippen molar-refractivity contribution in [2.75, 3.05) is 10.6 Å². The van der Waals surface area contributed by atoms with E-state index in [1.807, 2.05) is 51.1 Å². The van der Waals surface area contributed by atoms with E-state index in [-0.39, 0.29) is 12.1 Å². The molecule has 4 rings (SSSR count). The molecular weight excluding hydrogens is 444 g/mol. The molecule has 35 heavy (non-hydrogen) atoms. The number of nitriles is 1. The molecule has 0 radical (unpaired) electrons. The average molecular weight is 475 g/mol. The number of benzene rings is 1. The highest BCUT2D eigenvalue weighted by atomic mass is 16.6. The van der Waals surface area contributed by atoms with E-state index in [1.165, 1.54) is 4.80 Å². The summed E-state index contributed by atoms with van der Waals surface area (Å²) in [5.41, 5.74) is 2.16. The summed E-state index contributed by atoms with van der Waals surface area (Å²) < 4.78 is 5.45. The van der Waals surface area contributed by atoms with Crippen molar-refractivity contribution in [2.45, 2.75) is 64.1 Å². The van der Waals surface area contributed by atoms with E-state index in [1.54, 1.807) is 18.6 Å². The number of nitrogens with one attached hydrogen (secondary N) is 3. The predicted octanol–water partition coefficient (Wildman–Crippen LogP) is 4.53. The van der Waals surface area contributed by atoms with E-state index < -0.39 is 11.7 Å². The van der Waals surface area contributed by atoms with Crippen molar-refractivity contribution in [1.29, 1.82) is 5.26 Å². The first kappa shape index (κ1) is 24.0. The Hall–Kier alpha value is -4.13. The van der Waals surface area contributed by atoms with Crippen LogP contribution in [0.1, 0.15) is 52.0 Å². The van der Waals surface area contributed by atoms with Crippen LogP contribution >= 0.6 is 0 Å². The first-order valence-electron chi connectivity index (χ1n) is 11.7. The molecule has 1 aliphatic rings. The maximum atomic E-state index is 12.4. The van der Waals surface area contributed by atoms with Gasteiger partial charge in [0.25, 0.3) is 0 Å². The second-order valence-electron chi connectivity index (χ2n) is 9.51. The quantitative estimate of drug-likeness (QED) is 0.475. The number of aromatic nitrogens is 4. The van der Waals surface area contributed by atoms with Gasteiger partial charge in [-0.3, -0.25) is 0 Å². The Kier molecular flexibility index (Phi) is 7.15. The second kappa shape index (κ2) is 10.4. The van der Waals surface area contributed by atoms with Crippen molar-refractivity contribution in [2.24, 2.45) is 0 Å². The van der Waals surface area contributed by atoms with Gasteiger partial charge < -0.3 is 20.7 Å². The number of hydrogen-bond acceptors (Lipinski definition) is 8. The number of carbonyl (C=O) groups excluding carboxylic acids is 1. The molecule has 0 aliphatic heterocycles. The summed E-state index contributed by atoms with van der Waals surface area (Å²) in [6, 6.07) is 11.5. The lowest BCUT2D eigenvalue weighted by molar-refractivity contribution is 0.0488. The largest absolute Gasteiger partial charge is 0.444 e. The summed E-state index contributed by atoms with van der Waals surface area (Å²) >= 11 is 0. The molecule has 2 aromatic heterocycles. The Morgan fingerprint density at radius 1 is 1.14 bits per heavy atom. The number of carbonyl (C=O) groups is 1. The zero-order chi connectivity index (χ0) is 24.8. The number of ether oxygens (including phenoxy) is 1. The summed E-state index contributed by atoms with van der Waals surface area (Å²) in [6.07, 6.45) is 8.12. The van der Waals surface area contributed by atoms with Crippen LogP contribution in [0.25, 0.3) is 5.69 Å². The third kappa shape index (κ3) is 6.47. The number of rotatable bonds is 6. The van der Waals surface area contributed by atoms with Crippen molar-refractivity contribution in [3.05, 3.63) is 54.5 Å². The summed E-state index contributed by atoms with van der Waals surface area (Å²) in [5, 5.41) is 27.7. The molecule has 10 heteroatoms. The number of pyridine rings is 1. The Bertz CT molecular complexity index is 1200. The van der Waals surface area contributed by atoms with E-state index >= 15 is 0 Å². The van der Waals surface area contributed by atoms with E-state index in [4.69, 9.17) is 4.74 Å². The highest BCUT2D eigenvalue weighted by molar-refractivity contribution is 5.69. The normalized spacial score (nSPS) is 17.8. The van der Waals surface area contributed by atoms with Gasteiger partial charge in [-0.05, 0) is 51.8 Å². The van der Waals surface area contributed by atoms with Gasteiger partial charge in [0.05, 0.1) is 35.4 Å². The Morgan fingerprint density at radius 2 is 1.89 bits per heavy atom. The standard InChI is InChI=1S/C25H30N8O2/c1-25(2,3)35-24(34)32-21-10-5-4-9-20(21)31-22-14-23(27-16-17(22)15-26)30-18-7-6-8-19(13-18)33-28-11-12-29-33/h6-8,11-14,16,20-21H,4-5,9-10H2,1-3H3,(H,32,34)(H2,27,30,31)/t20-,21+/m1/s1. The molecule has 0 unspecified atom stereocenters. The molecule has 2 atom stereocenters. The van der Waals surface area contributed by atoms with Crippen LogP contribution in [0.15, 0.2) is 48.9 Å². The minimum absolute atomic E-state index is 0.0344. The zero-order valence-electron chi connectivity index (χ0n) is 20.2. The van der Waals surface area contributed by atoms with Crippen molar-refractivity contribution >= 4 is 23.3 Å². The zero-order valence-corrected chi connectivity index (χ0v) is 20.2. The molecule has 1 aliphatic carbocycles. The predicted molar refractivity (Wildman–Crippen MR) is 133 cm³/mol. The van der Waals surface area contributed by atoms with E-state index in [9.17, 15) is 10.1 Å². The molecule has 182 valence electrons. The SMILES string of the molecule is CC(C)(C)OC(=O)N[C@H]1CCCC[C@H]1Nc1cc(Nc2cccc(-n3nccn3)c2)ncc1C#N. The van der Waals surface area contributed by atoms with Gasteiger partial charge in [0.1, 0.15) is 17.5 Å². The van der Waals surface area contributed by atoms with Crippen LogP contribution in [-0.2, 0) is 4.74 Å². The van der Waals surface area contributed by atoms with E-state index in [0.717, 1.165) is 37.1 Å². The molecule has 10 nitrogen and oxygen atoms in total. The highest BCUT2D eigenvalue weighted by Gasteiger charge is 2.29. The monoisotopic (exact) mass is 474 g/mol. The third-order valence-electron chi connectivity index (χ3n) is 5.60. The van der Waals surface area contributed by atoms with Gasteiger partial charge in [-0.2, -0.15) is 20.3 Å². The van der Waals surface area contributed by atoms with Crippen molar-refractivity contribution in [1.82, 2.24) is 25.3 Å². The number of amides is 1. The average Bonchev–Trinajstić information content (AvgIpc) is 3.35. The lowest BCUT2D eigenvalue weighted by Crippen LogP contribution is -2.49. The Labute approximate surface area is 204 Å². The van der Waals surface area contributed by atoms with Gasteiger partial charge in [0, 0.05) is 24.0 Å². The topological polar surface area (TPSA) is 130 Å². The molecule has 0 saturated heterocycles. The molecule has 0 spiro atoms. The van der Waals surface area contributed by atoms with Gasteiger partial charge in [0.2, 0.25) is 0 Å². The molecule has 1 saturated carbocycles. The molecule has 0 bridgehead atoms. The van der Waals surface area contributed by atoms with Crippen LogP contribution in [0, 0.1) is 11.3 Å². The molecule has 3 aromatic rings. The van der Waals surface area contributed by atoms with E-state index in [0.29, 0.717) is 17.1 Å². The lowest BCUT2D eigenvalue weighted by atomic mass is 9.90. The van der Waals surface area contributed by atoms with Crippen LogP contribution in [0.5, 0.6) is 0 Å². The van der Waals surface area contributed by atoms with Crippen LogP contribution in [0.2, 0.25) is 0 Å². The lowest BCUT2D eigenvalue weighted by Gasteiger charge is -2.34. The van der Waals surface area contributed by atoms with Crippen LogP contribution < -0.4 is 16.0 Å². The Balaban J connectivity index is 1.50. The van der Waals surface area contributed by atoms with Gasteiger partial charge in [-0.15, -0.1) is 0 Å². The summed E-state index contributed by atoms with van der Waals surface area (Å²) in [6.45, 7) is 5.53. The van der Waals surface area contributed by atoms with Gasteiger partial charge >= 0.3 is 6.09 Å². The van der Waals surface area contributed by atoms with Crippen molar-refractivity contribution in [3.63, 3.8) is 0 Å². The van der Waals surface area contributed by atoms with Crippen molar-refractivity contribution < 1.29 is 9.53 Å². The summed E-state index contributed by atoms with van der Waals surface area (Å²) in [4.78, 5) is 18.3. The fourth-order valence-electron chi connectivity index (χ4n) is 4.07. The minimum atomic E-state index is -0.563. The molecule has 3 N–H and O–H groups in total. The highest BCUT2D eigenvalue weighted by Crippen LogP contribution is 2.27. The number of nitrogens with zero attached hydrogens (tertiary/aromatic N) is 5. The number of anilines is 3. The third-order valence-corrected chi connectivity index (χ3v) is 5.60. The van der Waals surface area contributed by atoms with Crippen LogP contribution in [0.4, 0.5) is 22.0 Å². The molecule has 1 amide bonds. The fraction of sp³-hybridized carbons (Fsp3) is 0.400. The first-order chi connectivity index (χ1) is 16.8. The maximum absolute atomic E-state index is 12.4. The summed E-state index contributed by atoms with van der Waals surface area (Å²) in [7, 11) is 0. The van der Waals surface area contributed by atoms with Gasteiger partial charge in [-0.25, -0.2) is 9.78 Å². The summed E-state index contributed by atoms with van der Waals surface area (Å²) in [5.74, 6) is 0.588. The molecule has 1 aromatic carbocycles. The van der Waals surface area contributed by atoms with E-state index in [2.05, 4.69) is 37.2 Å². The Morgan fingerprint density at radius 3 is 2.60 bits per heavy atom. The van der Waals surface area contributed by atoms with Gasteiger partial charge in [-0.1, -0.05) is 18.9 Å². The molecule has 1 fully saturated rings. The molecule has 2 heterocycles. The van der Waals surface area contributed by atoms with Crippen LogP contribution in [0.3, 0.4) is 0 Å². The van der Waals surface area contributed by atoms with Gasteiger partial charge in [0.15, 0.2) is 0 Å². The van der Waals surface area contributed by atoms with Crippen molar-refractivity contribution in [3.8, 4) is 11.8 Å². The minimum Gasteiger partial charge on any atom is -0.444 e. The smallest absolute Gasteiger partial charge is 0.407 e. The van der Waals surface area contributed by atoms with Crippen LogP contribution in [-0.4, -0.2) is 43.8 Å². The first-order valence-corrected chi connectivity index (χ1v) is 11.7. The fourth-order valence-corrected chi connectivity index (χ4v) is 4.07. The maximum Gasteiger partial charge on any atom is 0.407 e. The number of hydrogen-bond donors (Lipinski definition) is 3. The second-order valence-corrected chi connectivity index (χ2v) is 9.51. The molecular formula is C25H30N8O2. The number of alkyl carbamates (subject to hydrolysis) is 1.